The molecule has 2 rings (SSSR count). The van der Waals surface area contributed by atoms with Crippen LogP contribution in [0.25, 0.3) is 0 Å². The molecule has 2 aliphatic carbocycles. The fourth-order valence-corrected chi connectivity index (χ4v) is 3.22. The predicted octanol–water partition coefficient (Wildman–Crippen LogP) is 2.22. The van der Waals surface area contributed by atoms with Gasteiger partial charge in [-0.1, -0.05) is 20.8 Å². The van der Waals surface area contributed by atoms with Crippen molar-refractivity contribution in [2.45, 2.75) is 52.5 Å². The maximum absolute atomic E-state index is 11.9. The number of carboxylic acid groups (broad SMARTS) is 1. The molecular formula is C15H26N2O3. The first kappa shape index (κ1) is 15.1. The number of urea groups is 1. The van der Waals surface area contributed by atoms with Gasteiger partial charge in [-0.2, -0.15) is 0 Å². The number of carbonyl (C=O) groups is 2. The Bertz CT molecular complexity index is 391. The first-order valence-electron chi connectivity index (χ1n) is 7.59. The summed E-state index contributed by atoms with van der Waals surface area (Å²) in [7, 11) is 0. The zero-order valence-corrected chi connectivity index (χ0v) is 12.6. The van der Waals surface area contributed by atoms with E-state index in [0.29, 0.717) is 12.3 Å². The number of aliphatic carboxylic acids is 1. The number of nitrogens with one attached hydrogen (secondary N) is 2. The van der Waals surface area contributed by atoms with E-state index in [9.17, 15) is 14.7 Å². The van der Waals surface area contributed by atoms with Gasteiger partial charge in [-0.25, -0.2) is 4.79 Å². The molecule has 2 saturated carbocycles. The molecule has 114 valence electrons. The van der Waals surface area contributed by atoms with Gasteiger partial charge in [0.15, 0.2) is 0 Å². The number of carbonyl (C=O) groups excluding carboxylic acids is 1. The van der Waals surface area contributed by atoms with Crippen LogP contribution in [0.2, 0.25) is 0 Å². The molecule has 3 unspecified atom stereocenters. The summed E-state index contributed by atoms with van der Waals surface area (Å²) in [4.78, 5) is 23.2. The van der Waals surface area contributed by atoms with Crippen molar-refractivity contribution in [3.8, 4) is 0 Å². The Hall–Kier alpha value is -1.26. The molecule has 5 heteroatoms. The van der Waals surface area contributed by atoms with Gasteiger partial charge in [-0.15, -0.1) is 0 Å². The maximum atomic E-state index is 11.9. The minimum Gasteiger partial charge on any atom is -0.481 e. The second-order valence-electron chi connectivity index (χ2n) is 6.98. The lowest BCUT2D eigenvalue weighted by molar-refractivity contribution is -0.150. The van der Waals surface area contributed by atoms with Gasteiger partial charge >= 0.3 is 12.0 Å². The average Bonchev–Trinajstić information content (AvgIpc) is 3.16. The van der Waals surface area contributed by atoms with E-state index in [2.05, 4.69) is 10.6 Å². The number of hydrogen-bond acceptors (Lipinski definition) is 2. The Balaban J connectivity index is 1.89. The minimum atomic E-state index is -0.724. The highest BCUT2D eigenvalue weighted by molar-refractivity contribution is 5.74. The number of hydrogen-bond donors (Lipinski definition) is 3. The summed E-state index contributed by atoms with van der Waals surface area (Å²) in [5, 5.41) is 15.2. The largest absolute Gasteiger partial charge is 0.481 e. The van der Waals surface area contributed by atoms with Gasteiger partial charge in [-0.3, -0.25) is 4.79 Å². The standard InChI is InChI=1S/C15H26N2O3/c1-9-12(17-14(20)16-8-10-4-5-10)7-6-11(13(18)19)15(9,2)3/h9-12H,4-8H2,1-3H3,(H,18,19)(H2,16,17,20). The van der Waals surface area contributed by atoms with E-state index in [4.69, 9.17) is 0 Å². The van der Waals surface area contributed by atoms with Gasteiger partial charge in [0.05, 0.1) is 5.92 Å². The van der Waals surface area contributed by atoms with Gasteiger partial charge < -0.3 is 15.7 Å². The molecule has 3 N–H and O–H groups in total. The Morgan fingerprint density at radius 2 is 1.85 bits per heavy atom. The number of rotatable bonds is 4. The van der Waals surface area contributed by atoms with Crippen molar-refractivity contribution in [1.82, 2.24) is 10.6 Å². The Labute approximate surface area is 120 Å². The Morgan fingerprint density at radius 3 is 2.40 bits per heavy atom. The van der Waals surface area contributed by atoms with Crippen LogP contribution in [-0.4, -0.2) is 29.7 Å². The molecule has 3 atom stereocenters. The summed E-state index contributed by atoms with van der Waals surface area (Å²) in [5.74, 6) is -0.245. The molecule has 2 amide bonds. The molecule has 0 aromatic carbocycles. The van der Waals surface area contributed by atoms with Crippen molar-refractivity contribution >= 4 is 12.0 Å². The van der Waals surface area contributed by atoms with Crippen LogP contribution in [-0.2, 0) is 4.79 Å². The number of amides is 2. The fraction of sp³-hybridized carbons (Fsp3) is 0.867. The molecule has 20 heavy (non-hydrogen) atoms. The third-order valence-electron chi connectivity index (χ3n) is 5.30. The van der Waals surface area contributed by atoms with E-state index >= 15 is 0 Å². The minimum absolute atomic E-state index is 0.0554. The first-order chi connectivity index (χ1) is 9.32. The number of carboxylic acids is 1. The predicted molar refractivity (Wildman–Crippen MR) is 76.4 cm³/mol. The molecule has 0 aromatic heterocycles. The molecule has 0 aliphatic heterocycles. The normalized spacial score (nSPS) is 32.5. The quantitative estimate of drug-likeness (QED) is 0.740. The van der Waals surface area contributed by atoms with E-state index < -0.39 is 5.97 Å². The molecular weight excluding hydrogens is 256 g/mol. The Morgan fingerprint density at radius 1 is 1.20 bits per heavy atom. The lowest BCUT2D eigenvalue weighted by Gasteiger charge is -2.46. The van der Waals surface area contributed by atoms with Crippen LogP contribution < -0.4 is 10.6 Å². The highest BCUT2D eigenvalue weighted by Crippen LogP contribution is 2.45. The van der Waals surface area contributed by atoms with Crippen molar-refractivity contribution < 1.29 is 14.7 Å². The van der Waals surface area contributed by atoms with E-state index in [-0.39, 0.29) is 29.3 Å². The van der Waals surface area contributed by atoms with Crippen molar-refractivity contribution in [1.29, 1.82) is 0 Å². The summed E-state index contributed by atoms with van der Waals surface area (Å²) in [6.45, 7) is 6.79. The summed E-state index contributed by atoms with van der Waals surface area (Å²) in [5.41, 5.74) is -0.307. The van der Waals surface area contributed by atoms with E-state index in [0.717, 1.165) is 13.0 Å². The molecule has 0 radical (unpaired) electrons. The second-order valence-corrected chi connectivity index (χ2v) is 6.98. The van der Waals surface area contributed by atoms with Gasteiger partial charge in [0.2, 0.25) is 0 Å². The van der Waals surface area contributed by atoms with Crippen molar-refractivity contribution in [3.05, 3.63) is 0 Å². The zero-order valence-electron chi connectivity index (χ0n) is 12.6. The average molecular weight is 282 g/mol. The maximum Gasteiger partial charge on any atom is 0.315 e. The highest BCUT2D eigenvalue weighted by Gasteiger charge is 2.46. The van der Waals surface area contributed by atoms with Crippen LogP contribution in [0.1, 0.15) is 46.5 Å². The van der Waals surface area contributed by atoms with Crippen molar-refractivity contribution in [2.24, 2.45) is 23.2 Å². The smallest absolute Gasteiger partial charge is 0.315 e. The summed E-state index contributed by atoms with van der Waals surface area (Å²) in [6, 6.07) is -0.0573. The van der Waals surface area contributed by atoms with Gasteiger partial charge in [-0.05, 0) is 42.9 Å². The molecule has 0 aromatic rings. The van der Waals surface area contributed by atoms with E-state index in [1.807, 2.05) is 20.8 Å². The topological polar surface area (TPSA) is 78.4 Å². The second kappa shape index (κ2) is 5.62. The van der Waals surface area contributed by atoms with Gasteiger partial charge in [0.25, 0.3) is 0 Å². The lowest BCUT2D eigenvalue weighted by atomic mass is 9.61. The molecule has 0 saturated heterocycles. The third-order valence-corrected chi connectivity index (χ3v) is 5.30. The van der Waals surface area contributed by atoms with Crippen LogP contribution >= 0.6 is 0 Å². The van der Waals surface area contributed by atoms with Crippen molar-refractivity contribution in [3.63, 3.8) is 0 Å². The molecule has 2 fully saturated rings. The SMILES string of the molecule is CC1C(NC(=O)NCC2CC2)CCC(C(=O)O)C1(C)C. The highest BCUT2D eigenvalue weighted by atomic mass is 16.4. The Kier molecular flexibility index (Phi) is 4.25. The van der Waals surface area contributed by atoms with Crippen LogP contribution in [0.3, 0.4) is 0 Å². The van der Waals surface area contributed by atoms with Crippen molar-refractivity contribution in [2.75, 3.05) is 6.54 Å². The molecule has 0 bridgehead atoms. The molecule has 0 spiro atoms. The molecule has 0 heterocycles. The third kappa shape index (κ3) is 3.25. The summed E-state index contributed by atoms with van der Waals surface area (Å²) in [6.07, 6.45) is 3.79. The summed E-state index contributed by atoms with van der Waals surface area (Å²) >= 11 is 0. The summed E-state index contributed by atoms with van der Waals surface area (Å²) < 4.78 is 0. The van der Waals surface area contributed by atoms with Gasteiger partial charge in [0.1, 0.15) is 0 Å². The van der Waals surface area contributed by atoms with Crippen LogP contribution in [0.15, 0.2) is 0 Å². The van der Waals surface area contributed by atoms with Crippen LogP contribution in [0.5, 0.6) is 0 Å². The molecule has 2 aliphatic rings. The van der Waals surface area contributed by atoms with Crippen LogP contribution in [0.4, 0.5) is 4.79 Å². The fourth-order valence-electron chi connectivity index (χ4n) is 3.22. The first-order valence-corrected chi connectivity index (χ1v) is 7.59. The van der Waals surface area contributed by atoms with Crippen LogP contribution in [0, 0.1) is 23.2 Å². The van der Waals surface area contributed by atoms with E-state index in [1.54, 1.807) is 0 Å². The van der Waals surface area contributed by atoms with E-state index in [1.165, 1.54) is 12.8 Å². The lowest BCUT2D eigenvalue weighted by Crippen LogP contribution is -2.54. The molecule has 5 nitrogen and oxygen atoms in total. The zero-order chi connectivity index (χ0) is 14.9. The monoisotopic (exact) mass is 282 g/mol. The van der Waals surface area contributed by atoms with Gasteiger partial charge in [0, 0.05) is 12.6 Å².